The molecule has 2 atom stereocenters. The fraction of sp³-hybridized carbons (Fsp3) is 0.583. The smallest absolute Gasteiger partial charge is 0.315 e. The molecule has 0 saturated carbocycles. The molecule has 16 heavy (non-hydrogen) atoms. The number of halogens is 1. The molecule has 1 rings (SSSR count). The summed E-state index contributed by atoms with van der Waals surface area (Å²) < 4.78 is 0. The first kappa shape index (κ1) is 13.3. The number of carboxylic acids is 1. The van der Waals surface area contributed by atoms with E-state index in [1.165, 1.54) is 18.2 Å². The van der Waals surface area contributed by atoms with Crippen molar-refractivity contribution in [2.24, 2.45) is 5.92 Å². The van der Waals surface area contributed by atoms with Gasteiger partial charge in [0.25, 0.3) is 0 Å². The van der Waals surface area contributed by atoms with E-state index >= 15 is 0 Å². The molecule has 0 fully saturated rings. The van der Waals surface area contributed by atoms with Crippen molar-refractivity contribution in [3.8, 4) is 0 Å². The van der Waals surface area contributed by atoms with Crippen LogP contribution >= 0.6 is 11.6 Å². The maximum absolute atomic E-state index is 10.8. The molecular weight excluding hydrogens is 228 g/mol. The average Bonchev–Trinajstić information content (AvgIpc) is 2.17. The molecule has 2 N–H and O–H groups in total. The topological polar surface area (TPSA) is 57.5 Å². The third-order valence-corrected chi connectivity index (χ3v) is 3.05. The number of rotatable bonds is 5. The van der Waals surface area contributed by atoms with Gasteiger partial charge in [-0.25, -0.2) is 0 Å². The van der Waals surface area contributed by atoms with Crippen LogP contribution in [0.15, 0.2) is 23.3 Å². The monoisotopic (exact) mass is 244 g/mol. The second-order valence-electron chi connectivity index (χ2n) is 4.15. The number of carboxylic acid groups (broad SMARTS) is 1. The summed E-state index contributed by atoms with van der Waals surface area (Å²) in [6, 6.07) is 0. The molecule has 0 saturated heterocycles. The molecule has 1 aliphatic rings. The molecule has 90 valence electrons. The summed E-state index contributed by atoms with van der Waals surface area (Å²) >= 11 is 5.84. The van der Waals surface area contributed by atoms with Gasteiger partial charge in [0.1, 0.15) is 11.5 Å². The molecule has 2 unspecified atom stereocenters. The second kappa shape index (κ2) is 5.51. The van der Waals surface area contributed by atoms with Crippen LogP contribution in [0.2, 0.25) is 0 Å². The normalized spacial score (nSPS) is 28.9. The Morgan fingerprint density at radius 3 is 2.75 bits per heavy atom. The van der Waals surface area contributed by atoms with E-state index in [0.29, 0.717) is 6.42 Å². The number of hydrogen-bond donors (Lipinski definition) is 2. The lowest BCUT2D eigenvalue weighted by Gasteiger charge is -2.26. The van der Waals surface area contributed by atoms with Gasteiger partial charge in [0, 0.05) is 5.03 Å². The van der Waals surface area contributed by atoms with Crippen molar-refractivity contribution in [1.82, 2.24) is 0 Å². The first-order valence-electron chi connectivity index (χ1n) is 5.51. The molecule has 0 aromatic carbocycles. The maximum Gasteiger partial charge on any atom is 0.315 e. The highest BCUT2D eigenvalue weighted by atomic mass is 35.5. The number of aliphatic carboxylic acids is 1. The van der Waals surface area contributed by atoms with Gasteiger partial charge < -0.3 is 10.2 Å². The van der Waals surface area contributed by atoms with E-state index in [0.717, 1.165) is 19.3 Å². The highest BCUT2D eigenvalue weighted by Gasteiger charge is 2.30. The largest absolute Gasteiger partial charge is 0.481 e. The van der Waals surface area contributed by atoms with E-state index in [4.69, 9.17) is 16.7 Å². The van der Waals surface area contributed by atoms with Crippen molar-refractivity contribution in [2.75, 3.05) is 0 Å². The molecule has 0 radical (unpaired) electrons. The number of carbonyl (C=O) groups is 1. The van der Waals surface area contributed by atoms with Gasteiger partial charge in [-0.05, 0) is 18.9 Å². The Hall–Kier alpha value is -0.800. The summed E-state index contributed by atoms with van der Waals surface area (Å²) in [5.41, 5.74) is -1.07. The lowest BCUT2D eigenvalue weighted by Crippen LogP contribution is -2.28. The SMILES string of the molecule is CCCCCC1(O)C=CC(C(=O)O)C(Cl)=C1. The molecule has 0 amide bonds. The predicted octanol–water partition coefficient (Wildman–Crippen LogP) is 2.69. The quantitative estimate of drug-likeness (QED) is 0.578. The van der Waals surface area contributed by atoms with Crippen molar-refractivity contribution in [3.05, 3.63) is 23.3 Å². The van der Waals surface area contributed by atoms with Crippen LogP contribution in [0.4, 0.5) is 0 Å². The van der Waals surface area contributed by atoms with Crippen LogP contribution in [-0.4, -0.2) is 21.8 Å². The van der Waals surface area contributed by atoms with Crippen LogP contribution in [0, 0.1) is 5.92 Å². The Kier molecular flexibility index (Phi) is 4.56. The first-order valence-corrected chi connectivity index (χ1v) is 5.89. The molecule has 0 spiro atoms. The zero-order valence-electron chi connectivity index (χ0n) is 9.32. The summed E-state index contributed by atoms with van der Waals surface area (Å²) in [5.74, 6) is -1.80. The molecule has 0 aliphatic heterocycles. The van der Waals surface area contributed by atoms with E-state index in [2.05, 4.69) is 6.92 Å². The zero-order chi connectivity index (χ0) is 12.2. The molecule has 1 aliphatic carbocycles. The molecule has 0 aromatic heterocycles. The lowest BCUT2D eigenvalue weighted by molar-refractivity contribution is -0.138. The van der Waals surface area contributed by atoms with Crippen LogP contribution in [0.3, 0.4) is 0 Å². The van der Waals surface area contributed by atoms with Crippen LogP contribution in [0.5, 0.6) is 0 Å². The van der Waals surface area contributed by atoms with Crippen molar-refractivity contribution in [1.29, 1.82) is 0 Å². The van der Waals surface area contributed by atoms with Gasteiger partial charge in [-0.1, -0.05) is 43.5 Å². The summed E-state index contributed by atoms with van der Waals surface area (Å²) in [6.07, 6.45) is 8.04. The van der Waals surface area contributed by atoms with E-state index < -0.39 is 17.5 Å². The van der Waals surface area contributed by atoms with Gasteiger partial charge in [0.05, 0.1) is 0 Å². The van der Waals surface area contributed by atoms with Crippen LogP contribution < -0.4 is 0 Å². The lowest BCUT2D eigenvalue weighted by atomic mass is 9.88. The van der Waals surface area contributed by atoms with Crippen molar-refractivity contribution in [3.63, 3.8) is 0 Å². The summed E-state index contributed by atoms with van der Waals surface area (Å²) in [4.78, 5) is 10.8. The van der Waals surface area contributed by atoms with Crippen molar-refractivity contribution < 1.29 is 15.0 Å². The summed E-state index contributed by atoms with van der Waals surface area (Å²) in [5, 5.41) is 19.2. The van der Waals surface area contributed by atoms with Gasteiger partial charge in [-0.3, -0.25) is 4.79 Å². The fourth-order valence-corrected chi connectivity index (χ4v) is 2.10. The van der Waals surface area contributed by atoms with E-state index in [1.807, 2.05) is 0 Å². The third kappa shape index (κ3) is 3.35. The minimum atomic E-state index is -1.07. The Labute approximate surface area is 100 Å². The maximum atomic E-state index is 10.8. The highest BCUT2D eigenvalue weighted by Crippen LogP contribution is 2.31. The summed E-state index contributed by atoms with van der Waals surface area (Å²) in [7, 11) is 0. The molecular formula is C12H17ClO3. The highest BCUT2D eigenvalue weighted by molar-refractivity contribution is 6.31. The molecule has 4 heteroatoms. The minimum absolute atomic E-state index is 0.189. The van der Waals surface area contributed by atoms with E-state index in [-0.39, 0.29) is 5.03 Å². The zero-order valence-corrected chi connectivity index (χ0v) is 10.1. The average molecular weight is 245 g/mol. The van der Waals surface area contributed by atoms with Crippen LogP contribution in [-0.2, 0) is 4.79 Å². The van der Waals surface area contributed by atoms with Crippen molar-refractivity contribution in [2.45, 2.75) is 38.2 Å². The van der Waals surface area contributed by atoms with Gasteiger partial charge in [-0.2, -0.15) is 0 Å². The number of hydrogen-bond acceptors (Lipinski definition) is 2. The fourth-order valence-electron chi connectivity index (χ4n) is 1.75. The van der Waals surface area contributed by atoms with Crippen LogP contribution in [0.1, 0.15) is 32.6 Å². The van der Waals surface area contributed by atoms with Gasteiger partial charge in [0.15, 0.2) is 0 Å². The Morgan fingerprint density at radius 1 is 1.56 bits per heavy atom. The summed E-state index contributed by atoms with van der Waals surface area (Å²) in [6.45, 7) is 2.09. The predicted molar refractivity (Wildman–Crippen MR) is 63.3 cm³/mol. The Bertz CT molecular complexity index is 322. The minimum Gasteiger partial charge on any atom is -0.481 e. The van der Waals surface area contributed by atoms with E-state index in [1.54, 1.807) is 0 Å². The second-order valence-corrected chi connectivity index (χ2v) is 4.59. The van der Waals surface area contributed by atoms with Gasteiger partial charge in [-0.15, -0.1) is 0 Å². The van der Waals surface area contributed by atoms with Gasteiger partial charge >= 0.3 is 5.97 Å². The van der Waals surface area contributed by atoms with Crippen molar-refractivity contribution >= 4 is 17.6 Å². The van der Waals surface area contributed by atoms with Gasteiger partial charge in [0.2, 0.25) is 0 Å². The molecule has 0 aromatic rings. The number of unbranched alkanes of at least 4 members (excludes halogenated alkanes) is 2. The van der Waals surface area contributed by atoms with Crippen LogP contribution in [0.25, 0.3) is 0 Å². The molecule has 0 heterocycles. The molecule has 0 bridgehead atoms. The Morgan fingerprint density at radius 2 is 2.25 bits per heavy atom. The number of aliphatic hydroxyl groups is 1. The molecule has 3 nitrogen and oxygen atoms in total. The first-order chi connectivity index (χ1) is 7.48. The Balaban J connectivity index is 2.66. The van der Waals surface area contributed by atoms with E-state index in [9.17, 15) is 9.90 Å². The standard InChI is InChI=1S/C12H17ClO3/c1-2-3-4-6-12(16)7-5-9(11(14)15)10(13)8-12/h5,7-9,16H,2-4,6H2,1H3,(H,14,15). The third-order valence-electron chi connectivity index (χ3n) is 2.71.